The zero-order valence-electron chi connectivity index (χ0n) is 7.15. The highest BCUT2D eigenvalue weighted by Crippen LogP contribution is 2.26. The van der Waals surface area contributed by atoms with Crippen LogP contribution in [0.2, 0.25) is 0 Å². The van der Waals surface area contributed by atoms with Gasteiger partial charge in [-0.25, -0.2) is 0 Å². The Morgan fingerprint density at radius 2 is 2.27 bits per heavy atom. The maximum atomic E-state index is 5.91. The van der Waals surface area contributed by atoms with Crippen molar-refractivity contribution < 1.29 is 0 Å². The fourth-order valence-corrected chi connectivity index (χ4v) is 1.67. The second kappa shape index (κ2) is 3.91. The first kappa shape index (κ1) is 8.79. The number of nitrogens with zero attached hydrogens (tertiary/aromatic N) is 1. The lowest BCUT2D eigenvalue weighted by Crippen LogP contribution is -1.95. The standard InChI is InChI=1S/C9H14ClN/c1-3-11-9-6-4-5-8(9)7(2)10/h3-6H2,1-2H3/b8-7+,11-9-. The average Bonchev–Trinajstić information content (AvgIpc) is 2.36. The zero-order chi connectivity index (χ0) is 8.27. The Hall–Kier alpha value is -0.300. The Labute approximate surface area is 73.2 Å². The van der Waals surface area contributed by atoms with E-state index in [9.17, 15) is 0 Å². The molecule has 0 spiro atoms. The van der Waals surface area contributed by atoms with E-state index in [1.807, 2.05) is 6.92 Å². The Kier molecular flexibility index (Phi) is 3.13. The minimum absolute atomic E-state index is 0.878. The van der Waals surface area contributed by atoms with E-state index in [0.717, 1.165) is 24.4 Å². The minimum Gasteiger partial charge on any atom is -0.290 e. The van der Waals surface area contributed by atoms with Crippen LogP contribution in [0.5, 0.6) is 0 Å². The van der Waals surface area contributed by atoms with Crippen LogP contribution >= 0.6 is 11.6 Å². The molecule has 0 amide bonds. The Morgan fingerprint density at radius 3 is 2.82 bits per heavy atom. The number of halogens is 1. The smallest absolute Gasteiger partial charge is 0.0391 e. The van der Waals surface area contributed by atoms with Gasteiger partial charge < -0.3 is 0 Å². The molecular formula is C9H14ClN. The first-order chi connectivity index (χ1) is 5.25. The van der Waals surface area contributed by atoms with Crippen LogP contribution in [0.25, 0.3) is 0 Å². The molecule has 2 heteroatoms. The molecule has 11 heavy (non-hydrogen) atoms. The van der Waals surface area contributed by atoms with Crippen molar-refractivity contribution in [2.75, 3.05) is 6.54 Å². The number of hydrogen-bond donors (Lipinski definition) is 0. The van der Waals surface area contributed by atoms with E-state index >= 15 is 0 Å². The van der Waals surface area contributed by atoms with Crippen LogP contribution in [0.15, 0.2) is 15.6 Å². The van der Waals surface area contributed by atoms with Crippen LogP contribution in [0.3, 0.4) is 0 Å². The van der Waals surface area contributed by atoms with Crippen molar-refractivity contribution >= 4 is 17.3 Å². The number of aliphatic imine (C=N–C) groups is 1. The number of allylic oxidation sites excluding steroid dienone is 2. The molecule has 0 bridgehead atoms. The predicted molar refractivity (Wildman–Crippen MR) is 50.4 cm³/mol. The maximum Gasteiger partial charge on any atom is 0.0391 e. The molecular weight excluding hydrogens is 158 g/mol. The van der Waals surface area contributed by atoms with Crippen molar-refractivity contribution in [1.29, 1.82) is 0 Å². The molecule has 0 aliphatic heterocycles. The molecule has 0 radical (unpaired) electrons. The van der Waals surface area contributed by atoms with Gasteiger partial charge in [0.2, 0.25) is 0 Å². The van der Waals surface area contributed by atoms with E-state index in [2.05, 4.69) is 11.9 Å². The lowest BCUT2D eigenvalue weighted by molar-refractivity contribution is 0.942. The molecule has 0 heterocycles. The van der Waals surface area contributed by atoms with Gasteiger partial charge in [0.25, 0.3) is 0 Å². The van der Waals surface area contributed by atoms with Crippen LogP contribution < -0.4 is 0 Å². The Bertz CT molecular complexity index is 200. The summed E-state index contributed by atoms with van der Waals surface area (Å²) in [6.07, 6.45) is 3.46. The quantitative estimate of drug-likeness (QED) is 0.575. The molecule has 0 unspecified atom stereocenters. The lowest BCUT2D eigenvalue weighted by atomic mass is 10.2. The molecule has 62 valence electrons. The maximum absolute atomic E-state index is 5.91. The van der Waals surface area contributed by atoms with Gasteiger partial charge in [0.15, 0.2) is 0 Å². The van der Waals surface area contributed by atoms with Gasteiger partial charge in [-0.1, -0.05) is 11.6 Å². The monoisotopic (exact) mass is 171 g/mol. The predicted octanol–water partition coefficient (Wildman–Crippen LogP) is 3.14. The van der Waals surface area contributed by atoms with Crippen molar-refractivity contribution in [1.82, 2.24) is 0 Å². The second-order valence-corrected chi connectivity index (χ2v) is 3.35. The van der Waals surface area contributed by atoms with Gasteiger partial charge in [0.1, 0.15) is 0 Å². The fourth-order valence-electron chi connectivity index (χ4n) is 1.46. The van der Waals surface area contributed by atoms with Gasteiger partial charge >= 0.3 is 0 Å². The van der Waals surface area contributed by atoms with Crippen molar-refractivity contribution in [3.63, 3.8) is 0 Å². The third-order valence-corrected chi connectivity index (χ3v) is 2.18. The minimum atomic E-state index is 0.878. The van der Waals surface area contributed by atoms with Gasteiger partial charge in [-0.2, -0.15) is 0 Å². The molecule has 1 aliphatic rings. The summed E-state index contributed by atoms with van der Waals surface area (Å²) < 4.78 is 0. The van der Waals surface area contributed by atoms with Crippen molar-refractivity contribution in [3.8, 4) is 0 Å². The van der Waals surface area contributed by atoms with Gasteiger partial charge in [-0.15, -0.1) is 0 Å². The summed E-state index contributed by atoms with van der Waals surface area (Å²) in [5, 5.41) is 0.926. The highest BCUT2D eigenvalue weighted by atomic mass is 35.5. The Balaban J connectivity index is 2.82. The third kappa shape index (κ3) is 2.06. The summed E-state index contributed by atoms with van der Waals surface area (Å²) >= 11 is 5.91. The largest absolute Gasteiger partial charge is 0.290 e. The van der Waals surface area contributed by atoms with Crippen LogP contribution in [-0.2, 0) is 0 Å². The average molecular weight is 172 g/mol. The van der Waals surface area contributed by atoms with Crippen molar-refractivity contribution in [3.05, 3.63) is 10.6 Å². The third-order valence-electron chi connectivity index (χ3n) is 1.95. The summed E-state index contributed by atoms with van der Waals surface area (Å²) in [4.78, 5) is 4.40. The molecule has 1 rings (SSSR count). The van der Waals surface area contributed by atoms with E-state index < -0.39 is 0 Å². The van der Waals surface area contributed by atoms with Crippen LogP contribution in [0.4, 0.5) is 0 Å². The van der Waals surface area contributed by atoms with E-state index in [0.29, 0.717) is 0 Å². The second-order valence-electron chi connectivity index (χ2n) is 2.79. The molecule has 1 nitrogen and oxygen atoms in total. The van der Waals surface area contributed by atoms with Gasteiger partial charge in [-0.05, 0) is 38.7 Å². The van der Waals surface area contributed by atoms with E-state index in [4.69, 9.17) is 11.6 Å². The SMILES string of the molecule is CC/N=C1/CCC/C1=C(/C)Cl. The summed E-state index contributed by atoms with van der Waals surface area (Å²) in [6.45, 7) is 4.89. The van der Waals surface area contributed by atoms with E-state index in [-0.39, 0.29) is 0 Å². The van der Waals surface area contributed by atoms with Gasteiger partial charge in [0, 0.05) is 17.3 Å². The first-order valence-corrected chi connectivity index (χ1v) is 4.52. The van der Waals surface area contributed by atoms with Crippen molar-refractivity contribution in [2.24, 2.45) is 4.99 Å². The van der Waals surface area contributed by atoms with Gasteiger partial charge in [0.05, 0.1) is 0 Å². The van der Waals surface area contributed by atoms with E-state index in [1.54, 1.807) is 0 Å². The van der Waals surface area contributed by atoms with Crippen molar-refractivity contribution in [2.45, 2.75) is 33.1 Å². The highest BCUT2D eigenvalue weighted by molar-refractivity contribution is 6.32. The van der Waals surface area contributed by atoms with Crippen LogP contribution in [0.1, 0.15) is 33.1 Å². The molecule has 1 aliphatic carbocycles. The molecule has 0 saturated heterocycles. The summed E-state index contributed by atoms with van der Waals surface area (Å²) in [5.41, 5.74) is 2.52. The van der Waals surface area contributed by atoms with E-state index in [1.165, 1.54) is 17.7 Å². The zero-order valence-corrected chi connectivity index (χ0v) is 7.91. The molecule has 0 N–H and O–H groups in total. The summed E-state index contributed by atoms with van der Waals surface area (Å²) in [7, 11) is 0. The van der Waals surface area contributed by atoms with Crippen LogP contribution in [0, 0.1) is 0 Å². The van der Waals surface area contributed by atoms with Gasteiger partial charge in [-0.3, -0.25) is 4.99 Å². The summed E-state index contributed by atoms with van der Waals surface area (Å²) in [5.74, 6) is 0. The molecule has 0 atom stereocenters. The first-order valence-electron chi connectivity index (χ1n) is 4.14. The lowest BCUT2D eigenvalue weighted by Gasteiger charge is -1.99. The molecule has 0 aromatic rings. The summed E-state index contributed by atoms with van der Waals surface area (Å²) in [6, 6.07) is 0. The number of hydrogen-bond acceptors (Lipinski definition) is 1. The topological polar surface area (TPSA) is 12.4 Å². The molecule has 1 fully saturated rings. The normalized spacial score (nSPS) is 26.3. The fraction of sp³-hybridized carbons (Fsp3) is 0.667. The Morgan fingerprint density at radius 1 is 1.55 bits per heavy atom. The molecule has 0 aromatic carbocycles. The van der Waals surface area contributed by atoms with Crippen LogP contribution in [-0.4, -0.2) is 12.3 Å². The molecule has 1 saturated carbocycles. The number of rotatable bonds is 1. The highest BCUT2D eigenvalue weighted by Gasteiger charge is 2.16. The molecule has 0 aromatic heterocycles.